The van der Waals surface area contributed by atoms with Crippen molar-refractivity contribution in [3.63, 3.8) is 0 Å². The van der Waals surface area contributed by atoms with Crippen LogP contribution in [0.4, 0.5) is 5.69 Å². The molecule has 1 aliphatic carbocycles. The largest absolute Gasteiger partial charge is 0.324 e. The van der Waals surface area contributed by atoms with Crippen molar-refractivity contribution in [3.05, 3.63) is 29.3 Å². The predicted molar refractivity (Wildman–Crippen MR) is 72.7 cm³/mol. The van der Waals surface area contributed by atoms with E-state index in [1.807, 2.05) is 6.07 Å². The Morgan fingerprint density at radius 3 is 2.94 bits per heavy atom. The third kappa shape index (κ3) is 2.27. The summed E-state index contributed by atoms with van der Waals surface area (Å²) in [6.07, 6.45) is 6.83. The van der Waals surface area contributed by atoms with Crippen LogP contribution in [-0.2, 0) is 17.6 Å². The topological polar surface area (TPSA) is 41.1 Å². The molecule has 0 saturated carbocycles. The van der Waals surface area contributed by atoms with Crippen LogP contribution in [-0.4, -0.2) is 18.5 Å². The van der Waals surface area contributed by atoms with Crippen molar-refractivity contribution in [3.8, 4) is 0 Å². The lowest BCUT2D eigenvalue weighted by molar-refractivity contribution is -0.117. The Bertz CT molecular complexity index is 450. The number of amides is 1. The van der Waals surface area contributed by atoms with Gasteiger partial charge in [0.15, 0.2) is 0 Å². The number of hydrogen-bond donors (Lipinski definition) is 2. The average Bonchev–Trinajstić information content (AvgIpc) is 2.93. The molecule has 96 valence electrons. The molecule has 3 heteroatoms. The fourth-order valence-corrected chi connectivity index (χ4v) is 3.03. The number of benzene rings is 1. The third-order valence-corrected chi connectivity index (χ3v) is 4.03. The molecule has 0 bridgehead atoms. The Morgan fingerprint density at radius 2 is 2.11 bits per heavy atom. The first kappa shape index (κ1) is 11.7. The lowest BCUT2D eigenvalue weighted by Crippen LogP contribution is -2.35. The molecule has 0 aromatic heterocycles. The van der Waals surface area contributed by atoms with Gasteiger partial charge in [-0.25, -0.2) is 0 Å². The van der Waals surface area contributed by atoms with E-state index in [-0.39, 0.29) is 11.9 Å². The predicted octanol–water partition coefficient (Wildman–Crippen LogP) is 2.26. The van der Waals surface area contributed by atoms with Crippen LogP contribution >= 0.6 is 0 Å². The smallest absolute Gasteiger partial charge is 0.241 e. The second kappa shape index (κ2) is 5.11. The first-order valence-electron chi connectivity index (χ1n) is 6.99. The van der Waals surface area contributed by atoms with Gasteiger partial charge >= 0.3 is 0 Å². The number of carbonyl (C=O) groups excluding carboxylic acids is 1. The highest BCUT2D eigenvalue weighted by Gasteiger charge is 2.23. The lowest BCUT2D eigenvalue weighted by Gasteiger charge is -2.20. The molecule has 18 heavy (non-hydrogen) atoms. The van der Waals surface area contributed by atoms with Gasteiger partial charge in [-0.15, -0.1) is 0 Å². The Kier molecular flexibility index (Phi) is 3.33. The SMILES string of the molecule is O=C(Nc1cccc2c1CCCC2)C1CCCN1. The number of rotatable bonds is 2. The minimum absolute atomic E-state index is 0.00412. The minimum Gasteiger partial charge on any atom is -0.324 e. The number of carbonyl (C=O) groups is 1. The van der Waals surface area contributed by atoms with Crippen LogP contribution in [0, 0.1) is 0 Å². The van der Waals surface area contributed by atoms with E-state index in [1.54, 1.807) is 0 Å². The molecule has 0 radical (unpaired) electrons. The summed E-state index contributed by atoms with van der Waals surface area (Å²) in [6.45, 7) is 0.963. The van der Waals surface area contributed by atoms with Gasteiger partial charge in [0.05, 0.1) is 6.04 Å². The van der Waals surface area contributed by atoms with Gasteiger partial charge in [-0.1, -0.05) is 12.1 Å². The summed E-state index contributed by atoms with van der Waals surface area (Å²) in [6, 6.07) is 6.29. The summed E-state index contributed by atoms with van der Waals surface area (Å²) in [5, 5.41) is 6.36. The van der Waals surface area contributed by atoms with Crippen LogP contribution in [0.1, 0.15) is 36.8 Å². The molecule has 1 saturated heterocycles. The van der Waals surface area contributed by atoms with E-state index in [2.05, 4.69) is 22.8 Å². The normalized spacial score (nSPS) is 22.6. The minimum atomic E-state index is 0.00412. The van der Waals surface area contributed by atoms with E-state index in [4.69, 9.17) is 0 Å². The zero-order valence-corrected chi connectivity index (χ0v) is 10.7. The van der Waals surface area contributed by atoms with Crippen molar-refractivity contribution in [2.24, 2.45) is 0 Å². The van der Waals surface area contributed by atoms with Crippen molar-refractivity contribution in [2.45, 2.75) is 44.6 Å². The van der Waals surface area contributed by atoms with Crippen LogP contribution in [0.3, 0.4) is 0 Å². The van der Waals surface area contributed by atoms with Crippen LogP contribution in [0.15, 0.2) is 18.2 Å². The maximum Gasteiger partial charge on any atom is 0.241 e. The van der Waals surface area contributed by atoms with Gasteiger partial charge < -0.3 is 10.6 Å². The molecule has 3 rings (SSSR count). The summed E-state index contributed by atoms with van der Waals surface area (Å²) in [5.41, 5.74) is 3.81. The first-order valence-corrected chi connectivity index (χ1v) is 6.99. The zero-order chi connectivity index (χ0) is 12.4. The van der Waals surface area contributed by atoms with Crippen LogP contribution in [0.25, 0.3) is 0 Å². The number of nitrogens with one attached hydrogen (secondary N) is 2. The fraction of sp³-hybridized carbons (Fsp3) is 0.533. The Hall–Kier alpha value is -1.35. The standard InChI is InChI=1S/C15H20N2O/c18-15(14-9-4-10-16-14)17-13-8-3-6-11-5-1-2-7-12(11)13/h3,6,8,14,16H,1-2,4-5,7,9-10H2,(H,17,18). The summed E-state index contributed by atoms with van der Waals surface area (Å²) in [7, 11) is 0. The highest BCUT2D eigenvalue weighted by molar-refractivity contribution is 5.95. The van der Waals surface area contributed by atoms with Crippen LogP contribution < -0.4 is 10.6 Å². The molecule has 1 amide bonds. The van der Waals surface area contributed by atoms with Crippen LogP contribution in [0.2, 0.25) is 0 Å². The van der Waals surface area contributed by atoms with Gasteiger partial charge in [-0.2, -0.15) is 0 Å². The van der Waals surface area contributed by atoms with Crippen molar-refractivity contribution >= 4 is 11.6 Å². The molecule has 2 N–H and O–H groups in total. The van der Waals surface area contributed by atoms with Gasteiger partial charge in [0.25, 0.3) is 0 Å². The van der Waals surface area contributed by atoms with Gasteiger partial charge in [-0.05, 0) is 62.3 Å². The molecule has 3 nitrogen and oxygen atoms in total. The molecule has 1 aromatic rings. The summed E-state index contributed by atoms with van der Waals surface area (Å²) in [4.78, 5) is 12.1. The van der Waals surface area contributed by atoms with Crippen LogP contribution in [0.5, 0.6) is 0 Å². The first-order chi connectivity index (χ1) is 8.84. The molecule has 1 heterocycles. The van der Waals surface area contributed by atoms with E-state index < -0.39 is 0 Å². The second-order valence-electron chi connectivity index (χ2n) is 5.29. The summed E-state index contributed by atoms with van der Waals surface area (Å²) in [5.74, 6) is 0.131. The van der Waals surface area contributed by atoms with Crippen molar-refractivity contribution in [1.29, 1.82) is 0 Å². The molecular weight excluding hydrogens is 224 g/mol. The highest BCUT2D eigenvalue weighted by Crippen LogP contribution is 2.28. The summed E-state index contributed by atoms with van der Waals surface area (Å²) < 4.78 is 0. The van der Waals surface area contributed by atoms with E-state index in [0.717, 1.165) is 37.9 Å². The molecule has 1 aromatic carbocycles. The quantitative estimate of drug-likeness (QED) is 0.838. The van der Waals surface area contributed by atoms with Crippen molar-refractivity contribution in [1.82, 2.24) is 5.32 Å². The maximum absolute atomic E-state index is 12.1. The lowest BCUT2D eigenvalue weighted by atomic mass is 9.90. The molecule has 0 spiro atoms. The Morgan fingerprint density at radius 1 is 1.22 bits per heavy atom. The molecule has 1 aliphatic heterocycles. The van der Waals surface area contributed by atoms with Crippen molar-refractivity contribution in [2.75, 3.05) is 11.9 Å². The monoisotopic (exact) mass is 244 g/mol. The Labute approximate surface area is 108 Å². The molecule has 1 unspecified atom stereocenters. The molecule has 2 aliphatic rings. The number of aryl methyl sites for hydroxylation is 1. The zero-order valence-electron chi connectivity index (χ0n) is 10.7. The third-order valence-electron chi connectivity index (χ3n) is 4.03. The fourth-order valence-electron chi connectivity index (χ4n) is 3.03. The van der Waals surface area contributed by atoms with Gasteiger partial charge in [0.1, 0.15) is 0 Å². The van der Waals surface area contributed by atoms with E-state index >= 15 is 0 Å². The maximum atomic E-state index is 12.1. The molecular formula is C15H20N2O. The number of hydrogen-bond acceptors (Lipinski definition) is 2. The van der Waals surface area contributed by atoms with Gasteiger partial charge in [-0.3, -0.25) is 4.79 Å². The average molecular weight is 244 g/mol. The summed E-state index contributed by atoms with van der Waals surface area (Å²) >= 11 is 0. The van der Waals surface area contributed by atoms with Gasteiger partial charge in [0, 0.05) is 5.69 Å². The highest BCUT2D eigenvalue weighted by atomic mass is 16.2. The van der Waals surface area contributed by atoms with E-state index in [9.17, 15) is 4.79 Å². The Balaban J connectivity index is 1.77. The molecule has 1 fully saturated rings. The van der Waals surface area contributed by atoms with Gasteiger partial charge in [0.2, 0.25) is 5.91 Å². The molecule has 1 atom stereocenters. The van der Waals surface area contributed by atoms with E-state index in [0.29, 0.717) is 0 Å². The number of fused-ring (bicyclic) bond motifs is 1. The van der Waals surface area contributed by atoms with E-state index in [1.165, 1.54) is 24.0 Å². The van der Waals surface area contributed by atoms with Crippen molar-refractivity contribution < 1.29 is 4.79 Å². The number of anilines is 1. The second-order valence-corrected chi connectivity index (χ2v) is 5.29.